The fraction of sp³-hybridized carbons (Fsp3) is 0.500. The van der Waals surface area contributed by atoms with Gasteiger partial charge in [-0.3, -0.25) is 4.99 Å². The second-order valence-corrected chi connectivity index (χ2v) is 4.38. The van der Waals surface area contributed by atoms with E-state index < -0.39 is 0 Å². The summed E-state index contributed by atoms with van der Waals surface area (Å²) < 4.78 is 15.8. The number of guanidine groups is 1. The summed E-state index contributed by atoms with van der Waals surface area (Å²) in [5.74, 6) is 1.64. The molecular weight excluding hydrogens is 385 g/mol. The van der Waals surface area contributed by atoms with Crippen molar-refractivity contribution in [2.24, 2.45) is 10.7 Å². The van der Waals surface area contributed by atoms with Gasteiger partial charge in [0, 0.05) is 11.8 Å². The number of rotatable bonds is 7. The van der Waals surface area contributed by atoms with E-state index in [-0.39, 0.29) is 30.1 Å². The Kier molecular flexibility index (Phi) is 9.89. The van der Waals surface area contributed by atoms with Gasteiger partial charge < -0.3 is 25.3 Å². The number of hydrogen-bond acceptors (Lipinski definition) is 4. The topological polar surface area (TPSA) is 78.1 Å². The maximum atomic E-state index is 5.80. The number of nitrogens with zero attached hydrogens (tertiary/aromatic N) is 1. The molecule has 0 unspecified atom stereocenters. The molecule has 7 heteroatoms. The van der Waals surface area contributed by atoms with Gasteiger partial charge in [0.15, 0.2) is 17.5 Å². The average molecular weight is 409 g/mol. The van der Waals surface area contributed by atoms with Gasteiger partial charge in [0.1, 0.15) is 0 Å². The first-order valence-corrected chi connectivity index (χ1v) is 6.47. The van der Waals surface area contributed by atoms with E-state index in [4.69, 9.17) is 19.9 Å². The molecule has 0 fully saturated rings. The largest absolute Gasteiger partial charge is 0.493 e. The highest BCUT2D eigenvalue weighted by atomic mass is 127. The number of nitrogens with one attached hydrogen (secondary N) is 1. The molecule has 0 spiro atoms. The lowest BCUT2D eigenvalue weighted by Crippen LogP contribution is -2.23. The van der Waals surface area contributed by atoms with Crippen LogP contribution in [0.25, 0.3) is 0 Å². The Morgan fingerprint density at radius 2 is 1.90 bits per heavy atom. The summed E-state index contributed by atoms with van der Waals surface area (Å²) in [5.41, 5.74) is 6.58. The third kappa shape index (κ3) is 7.37. The molecule has 0 aromatic heterocycles. The lowest BCUT2D eigenvalue weighted by atomic mass is 10.3. The molecule has 1 rings (SSSR count). The number of nitrogens with two attached hydrogens (primary N) is 1. The van der Waals surface area contributed by atoms with Gasteiger partial charge in [-0.15, -0.1) is 24.0 Å². The summed E-state index contributed by atoms with van der Waals surface area (Å²) in [6, 6.07) is 5.44. The average Bonchev–Trinajstić information content (AvgIpc) is 2.43. The Bertz CT molecular complexity index is 453. The maximum Gasteiger partial charge on any atom is 0.193 e. The first-order chi connectivity index (χ1) is 9.56. The van der Waals surface area contributed by atoms with Gasteiger partial charge in [0.2, 0.25) is 0 Å². The van der Waals surface area contributed by atoms with E-state index in [1.165, 1.54) is 0 Å². The van der Waals surface area contributed by atoms with E-state index in [1.807, 2.05) is 19.9 Å². The zero-order valence-corrected chi connectivity index (χ0v) is 15.2. The van der Waals surface area contributed by atoms with E-state index in [1.54, 1.807) is 26.4 Å². The first kappa shape index (κ1) is 19.8. The molecule has 3 N–H and O–H groups in total. The van der Waals surface area contributed by atoms with Gasteiger partial charge >= 0.3 is 0 Å². The third-order valence-corrected chi connectivity index (χ3v) is 2.48. The van der Waals surface area contributed by atoms with Gasteiger partial charge in [0.05, 0.1) is 33.5 Å². The summed E-state index contributed by atoms with van der Waals surface area (Å²) in [7, 11) is 3.18. The minimum absolute atomic E-state index is 0. The van der Waals surface area contributed by atoms with Gasteiger partial charge in [-0.2, -0.15) is 0 Å². The summed E-state index contributed by atoms with van der Waals surface area (Å²) in [4.78, 5) is 4.18. The predicted octanol–water partition coefficient (Wildman–Crippen LogP) is 2.47. The number of halogens is 1. The minimum Gasteiger partial charge on any atom is -0.493 e. The van der Waals surface area contributed by atoms with Gasteiger partial charge in [-0.1, -0.05) is 0 Å². The van der Waals surface area contributed by atoms with Crippen LogP contribution in [-0.4, -0.2) is 39.4 Å². The SMILES string of the molecule is COc1ccc(NC(N)=NCCOC(C)C)cc1OC.I. The molecule has 120 valence electrons. The summed E-state index contributed by atoms with van der Waals surface area (Å²) >= 11 is 0. The van der Waals surface area contributed by atoms with E-state index in [0.29, 0.717) is 30.6 Å². The molecule has 0 saturated heterocycles. The monoisotopic (exact) mass is 409 g/mol. The molecule has 6 nitrogen and oxygen atoms in total. The number of anilines is 1. The molecule has 0 radical (unpaired) electrons. The summed E-state index contributed by atoms with van der Waals surface area (Å²) in [6.45, 7) is 5.03. The molecule has 0 amide bonds. The number of benzene rings is 1. The first-order valence-electron chi connectivity index (χ1n) is 6.47. The Morgan fingerprint density at radius 3 is 2.48 bits per heavy atom. The molecule has 0 heterocycles. The van der Waals surface area contributed by atoms with Gasteiger partial charge in [0.25, 0.3) is 0 Å². The standard InChI is InChI=1S/C14H23N3O3.HI/c1-10(2)20-8-7-16-14(15)17-11-5-6-12(18-3)13(9-11)19-4;/h5-6,9-10H,7-8H2,1-4H3,(H3,15,16,17);1H. The van der Waals surface area contributed by atoms with Crippen LogP contribution in [0.15, 0.2) is 23.2 Å². The molecular formula is C14H24IN3O3. The van der Waals surface area contributed by atoms with Crippen molar-refractivity contribution in [2.75, 3.05) is 32.7 Å². The van der Waals surface area contributed by atoms with Crippen molar-refractivity contribution in [3.63, 3.8) is 0 Å². The van der Waals surface area contributed by atoms with Crippen LogP contribution in [-0.2, 0) is 4.74 Å². The summed E-state index contributed by atoms with van der Waals surface area (Å²) in [5, 5.41) is 2.99. The van der Waals surface area contributed by atoms with Crippen LogP contribution in [0, 0.1) is 0 Å². The molecule has 0 saturated carbocycles. The number of ether oxygens (including phenoxy) is 3. The Labute approximate surface area is 143 Å². The fourth-order valence-electron chi connectivity index (χ4n) is 1.56. The van der Waals surface area contributed by atoms with Crippen molar-refractivity contribution >= 4 is 35.6 Å². The Hall–Kier alpha value is -1.22. The van der Waals surface area contributed by atoms with Crippen molar-refractivity contribution in [3.8, 4) is 11.5 Å². The zero-order chi connectivity index (χ0) is 15.0. The Balaban J connectivity index is 0.00000400. The van der Waals surface area contributed by atoms with Crippen LogP contribution in [0.4, 0.5) is 5.69 Å². The van der Waals surface area contributed by atoms with Crippen LogP contribution in [0.5, 0.6) is 11.5 Å². The van der Waals surface area contributed by atoms with Crippen LogP contribution >= 0.6 is 24.0 Å². The molecule has 1 aromatic rings. The minimum atomic E-state index is 0. The van der Waals surface area contributed by atoms with Crippen molar-refractivity contribution in [1.82, 2.24) is 0 Å². The highest BCUT2D eigenvalue weighted by Crippen LogP contribution is 2.29. The zero-order valence-electron chi connectivity index (χ0n) is 12.9. The van der Waals surface area contributed by atoms with E-state index in [0.717, 1.165) is 5.69 Å². The molecule has 0 aliphatic rings. The van der Waals surface area contributed by atoms with E-state index in [9.17, 15) is 0 Å². The van der Waals surface area contributed by atoms with Gasteiger partial charge in [-0.05, 0) is 26.0 Å². The second kappa shape index (κ2) is 10.5. The van der Waals surface area contributed by atoms with Crippen LogP contribution in [0.1, 0.15) is 13.8 Å². The molecule has 21 heavy (non-hydrogen) atoms. The molecule has 0 aliphatic heterocycles. The van der Waals surface area contributed by atoms with Crippen LogP contribution in [0.3, 0.4) is 0 Å². The lowest BCUT2D eigenvalue weighted by Gasteiger charge is -2.11. The lowest BCUT2D eigenvalue weighted by molar-refractivity contribution is 0.0853. The predicted molar refractivity (Wildman–Crippen MR) is 96.2 cm³/mol. The number of aliphatic imine (C=N–C) groups is 1. The van der Waals surface area contributed by atoms with Crippen molar-refractivity contribution in [1.29, 1.82) is 0 Å². The number of methoxy groups -OCH3 is 2. The smallest absolute Gasteiger partial charge is 0.193 e. The molecule has 0 bridgehead atoms. The van der Waals surface area contributed by atoms with E-state index in [2.05, 4.69) is 10.3 Å². The maximum absolute atomic E-state index is 5.80. The third-order valence-electron chi connectivity index (χ3n) is 2.48. The normalized spacial score (nSPS) is 11.0. The molecule has 0 atom stereocenters. The van der Waals surface area contributed by atoms with Crippen LogP contribution < -0.4 is 20.5 Å². The fourth-order valence-corrected chi connectivity index (χ4v) is 1.56. The highest BCUT2D eigenvalue weighted by Gasteiger charge is 2.04. The summed E-state index contributed by atoms with van der Waals surface area (Å²) in [6.07, 6.45) is 0.199. The highest BCUT2D eigenvalue weighted by molar-refractivity contribution is 14.0. The van der Waals surface area contributed by atoms with Crippen molar-refractivity contribution in [3.05, 3.63) is 18.2 Å². The van der Waals surface area contributed by atoms with Crippen LogP contribution in [0.2, 0.25) is 0 Å². The van der Waals surface area contributed by atoms with Crippen molar-refractivity contribution in [2.45, 2.75) is 20.0 Å². The second-order valence-electron chi connectivity index (χ2n) is 4.38. The van der Waals surface area contributed by atoms with Crippen molar-refractivity contribution < 1.29 is 14.2 Å². The van der Waals surface area contributed by atoms with E-state index >= 15 is 0 Å². The molecule has 1 aromatic carbocycles. The molecule has 0 aliphatic carbocycles. The number of hydrogen-bond donors (Lipinski definition) is 2. The van der Waals surface area contributed by atoms with Gasteiger partial charge in [-0.25, -0.2) is 0 Å². The quantitative estimate of drug-likeness (QED) is 0.313. The Morgan fingerprint density at radius 1 is 1.24 bits per heavy atom.